The third kappa shape index (κ3) is 6.31. The molecule has 1 aliphatic carbocycles. The molecule has 34 heavy (non-hydrogen) atoms. The molecule has 0 bridgehead atoms. The predicted octanol–water partition coefficient (Wildman–Crippen LogP) is 1.74. The Balaban J connectivity index is 1.74. The monoisotopic (exact) mass is 486 g/mol. The summed E-state index contributed by atoms with van der Waals surface area (Å²) in [6.45, 7) is 1.95. The maximum atomic E-state index is 12.9. The number of thioether (sulfide) groups is 1. The van der Waals surface area contributed by atoms with Gasteiger partial charge in [0.25, 0.3) is 0 Å². The van der Waals surface area contributed by atoms with Crippen LogP contribution in [0.3, 0.4) is 0 Å². The number of nitrogens with one attached hydrogen (secondary N) is 1. The number of amides is 2. The Morgan fingerprint density at radius 3 is 2.44 bits per heavy atom. The number of ether oxygens (including phenoxy) is 2. The van der Waals surface area contributed by atoms with Crippen molar-refractivity contribution in [3.05, 3.63) is 65.2 Å². The van der Waals surface area contributed by atoms with Crippen molar-refractivity contribution < 1.29 is 29.3 Å². The Morgan fingerprint density at radius 1 is 1.18 bits per heavy atom. The highest BCUT2D eigenvalue weighted by Gasteiger charge is 2.35. The van der Waals surface area contributed by atoms with Gasteiger partial charge in [0.2, 0.25) is 11.8 Å². The predicted molar refractivity (Wildman–Crippen MR) is 130 cm³/mol. The van der Waals surface area contributed by atoms with Gasteiger partial charge in [-0.3, -0.25) is 9.59 Å². The summed E-state index contributed by atoms with van der Waals surface area (Å²) < 4.78 is 11.0. The Kier molecular flexibility index (Phi) is 8.60. The second kappa shape index (κ2) is 11.4. The summed E-state index contributed by atoms with van der Waals surface area (Å²) in [6.07, 6.45) is 0.245. The summed E-state index contributed by atoms with van der Waals surface area (Å²) in [7, 11) is 1.56. The van der Waals surface area contributed by atoms with Gasteiger partial charge >= 0.3 is 0 Å². The van der Waals surface area contributed by atoms with E-state index in [9.17, 15) is 19.8 Å². The lowest BCUT2D eigenvalue weighted by molar-refractivity contribution is -0.126. The van der Waals surface area contributed by atoms with E-state index in [1.807, 2.05) is 25.3 Å². The van der Waals surface area contributed by atoms with Crippen LogP contribution < -0.4 is 20.5 Å². The van der Waals surface area contributed by atoms with Crippen molar-refractivity contribution >= 4 is 23.6 Å². The lowest BCUT2D eigenvalue weighted by Gasteiger charge is -2.31. The van der Waals surface area contributed by atoms with Gasteiger partial charge in [0.1, 0.15) is 29.7 Å². The van der Waals surface area contributed by atoms with Crippen LogP contribution in [0.5, 0.6) is 11.5 Å². The summed E-state index contributed by atoms with van der Waals surface area (Å²) in [4.78, 5) is 26.0. The standard InChI is InChI=1S/C25H30N2O6S/c1-14-10-18(8-9-22(14)34-3)33-21-13-16(12-20(28)23(21)29)25(31)27-19(24(26)30)11-15-4-6-17(32-2)7-5-15/h4-10,13,19-21,23,28-29H,11-12H2,1-3H3,(H2,26,30)(H,27,31). The third-order valence-corrected chi connectivity index (χ3v) is 6.60. The van der Waals surface area contributed by atoms with Gasteiger partial charge in [0.15, 0.2) is 0 Å². The molecule has 0 fully saturated rings. The molecule has 0 saturated heterocycles. The first kappa shape index (κ1) is 25.6. The number of rotatable bonds is 9. The van der Waals surface area contributed by atoms with Gasteiger partial charge in [-0.2, -0.15) is 0 Å². The normalized spacial score (nSPS) is 20.7. The molecule has 2 amide bonds. The van der Waals surface area contributed by atoms with Crippen LogP contribution in [0.4, 0.5) is 0 Å². The summed E-state index contributed by atoms with van der Waals surface area (Å²) in [6, 6.07) is 11.7. The minimum absolute atomic E-state index is 0.0781. The number of hydrogen-bond donors (Lipinski definition) is 4. The van der Waals surface area contributed by atoms with Crippen molar-refractivity contribution in [1.29, 1.82) is 0 Å². The molecule has 2 aromatic rings. The number of primary amides is 1. The van der Waals surface area contributed by atoms with E-state index in [2.05, 4.69) is 5.32 Å². The van der Waals surface area contributed by atoms with Crippen molar-refractivity contribution in [2.75, 3.05) is 13.4 Å². The second-order valence-electron chi connectivity index (χ2n) is 8.15. The lowest BCUT2D eigenvalue weighted by Crippen LogP contribution is -2.49. The average Bonchev–Trinajstić information content (AvgIpc) is 2.81. The van der Waals surface area contributed by atoms with E-state index in [1.165, 1.54) is 6.08 Å². The fraction of sp³-hybridized carbons (Fsp3) is 0.360. The van der Waals surface area contributed by atoms with Crippen molar-refractivity contribution in [1.82, 2.24) is 5.32 Å². The van der Waals surface area contributed by atoms with Crippen LogP contribution in [0.1, 0.15) is 17.5 Å². The molecule has 0 saturated carbocycles. The topological polar surface area (TPSA) is 131 Å². The van der Waals surface area contributed by atoms with E-state index < -0.39 is 36.2 Å². The van der Waals surface area contributed by atoms with Crippen LogP contribution in [-0.4, -0.2) is 59.7 Å². The maximum Gasteiger partial charge on any atom is 0.247 e. The summed E-state index contributed by atoms with van der Waals surface area (Å²) in [5.74, 6) is -0.0456. The molecule has 1 aliphatic rings. The summed E-state index contributed by atoms with van der Waals surface area (Å²) >= 11 is 1.61. The number of carbonyl (C=O) groups is 2. The number of benzene rings is 2. The molecule has 9 heteroatoms. The minimum atomic E-state index is -1.21. The lowest BCUT2D eigenvalue weighted by atomic mass is 9.91. The van der Waals surface area contributed by atoms with Gasteiger partial charge in [0.05, 0.1) is 13.2 Å². The van der Waals surface area contributed by atoms with Crippen LogP contribution in [0.25, 0.3) is 0 Å². The number of aliphatic hydroxyl groups excluding tert-OH is 2. The van der Waals surface area contributed by atoms with Crippen LogP contribution in [-0.2, 0) is 16.0 Å². The van der Waals surface area contributed by atoms with Crippen molar-refractivity contribution in [2.24, 2.45) is 5.73 Å². The molecular formula is C25H30N2O6S. The maximum absolute atomic E-state index is 12.9. The van der Waals surface area contributed by atoms with Crippen molar-refractivity contribution in [3.8, 4) is 11.5 Å². The highest BCUT2D eigenvalue weighted by atomic mass is 32.2. The third-order valence-electron chi connectivity index (χ3n) is 5.70. The first-order valence-corrected chi connectivity index (χ1v) is 12.1. The zero-order chi connectivity index (χ0) is 24.8. The molecule has 0 radical (unpaired) electrons. The van der Waals surface area contributed by atoms with Gasteiger partial charge in [0, 0.05) is 23.3 Å². The summed E-state index contributed by atoms with van der Waals surface area (Å²) in [5, 5.41) is 23.4. The van der Waals surface area contributed by atoms with Crippen LogP contribution >= 0.6 is 11.8 Å². The largest absolute Gasteiger partial charge is 0.497 e. The number of carbonyl (C=O) groups excluding carboxylic acids is 2. The zero-order valence-electron chi connectivity index (χ0n) is 19.4. The Bertz CT molecular complexity index is 1060. The molecular weight excluding hydrogens is 456 g/mol. The molecule has 8 nitrogen and oxygen atoms in total. The smallest absolute Gasteiger partial charge is 0.247 e. The quantitative estimate of drug-likeness (QED) is 0.397. The molecule has 3 rings (SSSR count). The van der Waals surface area contributed by atoms with Gasteiger partial charge in [-0.25, -0.2) is 0 Å². The Hall–Kier alpha value is -3.01. The molecule has 2 aromatic carbocycles. The molecule has 0 spiro atoms. The molecule has 4 unspecified atom stereocenters. The minimum Gasteiger partial charge on any atom is -0.497 e. The van der Waals surface area contributed by atoms with E-state index >= 15 is 0 Å². The highest BCUT2D eigenvalue weighted by molar-refractivity contribution is 7.98. The van der Waals surface area contributed by atoms with Crippen LogP contribution in [0.15, 0.2) is 59.0 Å². The number of aryl methyl sites for hydroxylation is 1. The first-order chi connectivity index (χ1) is 16.2. The fourth-order valence-electron chi connectivity index (χ4n) is 3.75. The van der Waals surface area contributed by atoms with E-state index in [4.69, 9.17) is 15.2 Å². The van der Waals surface area contributed by atoms with Crippen LogP contribution in [0, 0.1) is 6.92 Å². The number of hydrogen-bond acceptors (Lipinski definition) is 7. The van der Waals surface area contributed by atoms with E-state index in [0.29, 0.717) is 11.5 Å². The number of methoxy groups -OCH3 is 1. The van der Waals surface area contributed by atoms with Gasteiger partial charge in [-0.05, 0) is 60.7 Å². The zero-order valence-corrected chi connectivity index (χ0v) is 20.2. The SMILES string of the molecule is COc1ccc(CC(NC(=O)C2=CC(Oc3ccc(SC)c(C)c3)C(O)C(O)C2)C(N)=O)cc1. The Morgan fingerprint density at radius 2 is 1.85 bits per heavy atom. The summed E-state index contributed by atoms with van der Waals surface area (Å²) in [5.41, 5.74) is 7.54. The van der Waals surface area contributed by atoms with E-state index in [-0.39, 0.29) is 18.4 Å². The van der Waals surface area contributed by atoms with Gasteiger partial charge in [-0.15, -0.1) is 11.8 Å². The highest BCUT2D eigenvalue weighted by Crippen LogP contribution is 2.28. The van der Waals surface area contributed by atoms with Crippen molar-refractivity contribution in [2.45, 2.75) is 49.0 Å². The Labute approximate surface area is 203 Å². The molecule has 182 valence electrons. The van der Waals surface area contributed by atoms with E-state index in [1.54, 1.807) is 49.2 Å². The van der Waals surface area contributed by atoms with E-state index in [0.717, 1.165) is 16.0 Å². The number of aliphatic hydroxyl groups is 2. The second-order valence-corrected chi connectivity index (χ2v) is 9.00. The van der Waals surface area contributed by atoms with Crippen LogP contribution in [0.2, 0.25) is 0 Å². The number of nitrogens with two attached hydrogens (primary N) is 1. The molecule has 5 N–H and O–H groups in total. The van der Waals surface area contributed by atoms with Crippen molar-refractivity contribution in [3.63, 3.8) is 0 Å². The first-order valence-electron chi connectivity index (χ1n) is 10.8. The molecule has 0 aliphatic heterocycles. The van der Waals surface area contributed by atoms with Gasteiger partial charge < -0.3 is 30.7 Å². The molecule has 0 heterocycles. The average molecular weight is 487 g/mol. The molecule has 0 aromatic heterocycles. The van der Waals surface area contributed by atoms with Gasteiger partial charge in [-0.1, -0.05) is 12.1 Å². The fourth-order valence-corrected chi connectivity index (χ4v) is 4.34. The molecule has 4 atom stereocenters.